The summed E-state index contributed by atoms with van der Waals surface area (Å²) in [5, 5.41) is 0. The summed E-state index contributed by atoms with van der Waals surface area (Å²) in [6.07, 6.45) is 3.05. The van der Waals surface area contributed by atoms with E-state index in [-0.39, 0.29) is 11.0 Å². The molecule has 0 radical (unpaired) electrons. The molecule has 0 spiro atoms. The molecule has 1 fully saturated rings. The molecule has 1 heterocycles. The Balaban J connectivity index is 2.13. The lowest BCUT2D eigenvalue weighted by Crippen LogP contribution is -2.37. The molecule has 1 unspecified atom stereocenters. The second kappa shape index (κ2) is 6.11. The molecule has 1 saturated heterocycles. The summed E-state index contributed by atoms with van der Waals surface area (Å²) in [6.45, 7) is 2.96. The Labute approximate surface area is 120 Å². The fraction of sp³-hybridized carbons (Fsp3) is 0.571. The summed E-state index contributed by atoms with van der Waals surface area (Å²) in [4.78, 5) is 0.235. The molecule has 1 atom stereocenters. The Morgan fingerprint density at radius 2 is 2.15 bits per heavy atom. The average molecular weight is 298 g/mol. The molecule has 0 aliphatic carbocycles. The van der Waals surface area contributed by atoms with Crippen molar-refractivity contribution in [3.63, 3.8) is 0 Å². The quantitative estimate of drug-likeness (QED) is 0.860. The Hall–Kier alpha value is -1.11. The highest BCUT2D eigenvalue weighted by Gasteiger charge is 2.25. The van der Waals surface area contributed by atoms with Crippen molar-refractivity contribution in [1.29, 1.82) is 0 Å². The van der Waals surface area contributed by atoms with E-state index in [0.29, 0.717) is 12.2 Å². The minimum Gasteiger partial charge on any atom is -0.398 e. The largest absolute Gasteiger partial charge is 0.398 e. The molecule has 1 aromatic rings. The number of sulfonamides is 1. The molecule has 6 heteroatoms. The number of hydrogen-bond donors (Lipinski definition) is 1. The molecule has 0 bridgehead atoms. The Morgan fingerprint density at radius 3 is 2.75 bits per heavy atom. The number of ether oxygens (including phenoxy) is 1. The van der Waals surface area contributed by atoms with Gasteiger partial charge in [0.15, 0.2) is 0 Å². The maximum absolute atomic E-state index is 12.5. The van der Waals surface area contributed by atoms with E-state index >= 15 is 0 Å². The first-order valence-electron chi connectivity index (χ1n) is 6.85. The van der Waals surface area contributed by atoms with Crippen LogP contribution in [0.4, 0.5) is 5.69 Å². The van der Waals surface area contributed by atoms with Crippen molar-refractivity contribution >= 4 is 15.7 Å². The summed E-state index contributed by atoms with van der Waals surface area (Å²) in [6, 6.07) is 4.84. The lowest BCUT2D eigenvalue weighted by Gasteiger charge is -2.27. The third-order valence-electron chi connectivity index (χ3n) is 3.69. The van der Waals surface area contributed by atoms with Crippen molar-refractivity contribution in [3.05, 3.63) is 23.8 Å². The molecule has 0 aromatic heterocycles. The first-order valence-corrected chi connectivity index (χ1v) is 8.29. The predicted octanol–water partition coefficient (Wildman–Crippen LogP) is 1.77. The number of nitrogens with two attached hydrogens (primary N) is 1. The van der Waals surface area contributed by atoms with E-state index in [1.807, 2.05) is 6.92 Å². The molecule has 2 N–H and O–H groups in total. The molecule has 1 aliphatic rings. The zero-order valence-electron chi connectivity index (χ0n) is 12.0. The predicted molar refractivity (Wildman–Crippen MR) is 79.0 cm³/mol. The minimum absolute atomic E-state index is 0.00804. The van der Waals surface area contributed by atoms with E-state index < -0.39 is 10.0 Å². The number of nitrogens with zero attached hydrogens (tertiary/aromatic N) is 1. The molecule has 112 valence electrons. The van der Waals surface area contributed by atoms with Crippen LogP contribution in [0, 0.1) is 6.92 Å². The van der Waals surface area contributed by atoms with Crippen LogP contribution in [0.1, 0.15) is 24.8 Å². The fourth-order valence-electron chi connectivity index (χ4n) is 2.30. The number of hydrogen-bond acceptors (Lipinski definition) is 4. The van der Waals surface area contributed by atoms with Gasteiger partial charge in [-0.3, -0.25) is 0 Å². The first-order chi connectivity index (χ1) is 9.41. The second-order valence-electron chi connectivity index (χ2n) is 5.29. The molecular weight excluding hydrogens is 276 g/mol. The van der Waals surface area contributed by atoms with Gasteiger partial charge in [-0.25, -0.2) is 8.42 Å². The zero-order chi connectivity index (χ0) is 14.8. The zero-order valence-corrected chi connectivity index (χ0v) is 12.8. The SMILES string of the molecule is Cc1ccc(S(=O)(=O)N(C)CC2CCCCO2)cc1N. The Morgan fingerprint density at radius 1 is 1.40 bits per heavy atom. The number of rotatable bonds is 4. The number of benzene rings is 1. The van der Waals surface area contributed by atoms with Crippen LogP contribution in [0.2, 0.25) is 0 Å². The maximum Gasteiger partial charge on any atom is 0.242 e. The van der Waals surface area contributed by atoms with Crippen molar-refractivity contribution in [2.75, 3.05) is 25.9 Å². The van der Waals surface area contributed by atoms with Gasteiger partial charge in [-0.2, -0.15) is 4.31 Å². The Kier molecular flexibility index (Phi) is 4.67. The van der Waals surface area contributed by atoms with Gasteiger partial charge < -0.3 is 10.5 Å². The fourth-order valence-corrected chi connectivity index (χ4v) is 3.53. The van der Waals surface area contributed by atoms with Gasteiger partial charge >= 0.3 is 0 Å². The standard InChI is InChI=1S/C14H22N2O3S/c1-11-6-7-13(9-14(11)15)20(17,18)16(2)10-12-5-3-4-8-19-12/h6-7,9,12H,3-5,8,10,15H2,1-2H3. The van der Waals surface area contributed by atoms with Gasteiger partial charge in [0.1, 0.15) is 0 Å². The third-order valence-corrected chi connectivity index (χ3v) is 5.51. The summed E-state index contributed by atoms with van der Waals surface area (Å²) >= 11 is 0. The highest BCUT2D eigenvalue weighted by Crippen LogP contribution is 2.21. The highest BCUT2D eigenvalue weighted by molar-refractivity contribution is 7.89. The molecule has 0 saturated carbocycles. The molecular formula is C14H22N2O3S. The average Bonchev–Trinajstić information content (AvgIpc) is 2.42. The van der Waals surface area contributed by atoms with Gasteiger partial charge in [-0.15, -0.1) is 0 Å². The van der Waals surface area contributed by atoms with Crippen molar-refractivity contribution in [1.82, 2.24) is 4.31 Å². The lowest BCUT2D eigenvalue weighted by atomic mass is 10.1. The van der Waals surface area contributed by atoms with Crippen molar-refractivity contribution in [2.24, 2.45) is 0 Å². The van der Waals surface area contributed by atoms with Crippen LogP contribution in [0.15, 0.2) is 23.1 Å². The molecule has 1 aromatic carbocycles. The van der Waals surface area contributed by atoms with Crippen LogP contribution in [-0.4, -0.2) is 39.0 Å². The van der Waals surface area contributed by atoms with Gasteiger partial charge in [0.05, 0.1) is 11.0 Å². The van der Waals surface area contributed by atoms with Crippen LogP contribution >= 0.6 is 0 Å². The highest BCUT2D eigenvalue weighted by atomic mass is 32.2. The van der Waals surface area contributed by atoms with Crippen LogP contribution in [-0.2, 0) is 14.8 Å². The van der Waals surface area contributed by atoms with E-state index in [1.54, 1.807) is 19.2 Å². The second-order valence-corrected chi connectivity index (χ2v) is 7.34. The van der Waals surface area contributed by atoms with Crippen molar-refractivity contribution < 1.29 is 13.2 Å². The van der Waals surface area contributed by atoms with Crippen molar-refractivity contribution in [2.45, 2.75) is 37.2 Å². The van der Waals surface area contributed by atoms with Gasteiger partial charge in [-0.05, 0) is 43.9 Å². The molecule has 0 amide bonds. The summed E-state index contributed by atoms with van der Waals surface area (Å²) in [5.74, 6) is 0. The van der Waals surface area contributed by atoms with Gasteiger partial charge in [0.25, 0.3) is 0 Å². The lowest BCUT2D eigenvalue weighted by molar-refractivity contribution is 0.00858. The van der Waals surface area contributed by atoms with Crippen LogP contribution in [0.25, 0.3) is 0 Å². The summed E-state index contributed by atoms with van der Waals surface area (Å²) < 4.78 is 31.9. The number of anilines is 1. The number of likely N-dealkylation sites (N-methyl/N-ethyl adjacent to an activating group) is 1. The van der Waals surface area contributed by atoms with Crippen LogP contribution in [0.3, 0.4) is 0 Å². The maximum atomic E-state index is 12.5. The summed E-state index contributed by atoms with van der Waals surface area (Å²) in [5.41, 5.74) is 7.17. The Bertz CT molecular complexity index is 566. The third kappa shape index (κ3) is 3.31. The van der Waals surface area contributed by atoms with Crippen LogP contribution < -0.4 is 5.73 Å². The number of nitrogen functional groups attached to an aromatic ring is 1. The van der Waals surface area contributed by atoms with E-state index in [2.05, 4.69) is 0 Å². The van der Waals surface area contributed by atoms with Gasteiger partial charge in [0.2, 0.25) is 10.0 Å². The topological polar surface area (TPSA) is 72.6 Å². The molecule has 1 aliphatic heterocycles. The first kappa shape index (κ1) is 15.3. The van der Waals surface area contributed by atoms with E-state index in [4.69, 9.17) is 10.5 Å². The van der Waals surface area contributed by atoms with E-state index in [1.165, 1.54) is 10.4 Å². The monoisotopic (exact) mass is 298 g/mol. The van der Waals surface area contributed by atoms with E-state index in [0.717, 1.165) is 31.4 Å². The minimum atomic E-state index is -3.50. The molecule has 5 nitrogen and oxygen atoms in total. The normalized spacial score (nSPS) is 20.2. The number of aryl methyl sites for hydroxylation is 1. The van der Waals surface area contributed by atoms with Crippen LogP contribution in [0.5, 0.6) is 0 Å². The van der Waals surface area contributed by atoms with Crippen molar-refractivity contribution in [3.8, 4) is 0 Å². The van der Waals surface area contributed by atoms with E-state index in [9.17, 15) is 8.42 Å². The summed E-state index contributed by atoms with van der Waals surface area (Å²) in [7, 11) is -1.92. The molecule has 2 rings (SSSR count). The van der Waals surface area contributed by atoms with Gasteiger partial charge in [-0.1, -0.05) is 6.07 Å². The van der Waals surface area contributed by atoms with Gasteiger partial charge in [0, 0.05) is 25.9 Å². The molecule has 20 heavy (non-hydrogen) atoms. The smallest absolute Gasteiger partial charge is 0.242 e.